The van der Waals surface area contributed by atoms with E-state index in [-0.39, 0.29) is 23.4 Å². The van der Waals surface area contributed by atoms with E-state index >= 15 is 0 Å². The van der Waals surface area contributed by atoms with Crippen molar-refractivity contribution in [3.05, 3.63) is 84.0 Å². The molecule has 0 radical (unpaired) electrons. The van der Waals surface area contributed by atoms with Crippen LogP contribution in [0, 0.1) is 11.8 Å². The summed E-state index contributed by atoms with van der Waals surface area (Å²) in [6.07, 6.45) is 8.05. The molecule has 1 fully saturated rings. The van der Waals surface area contributed by atoms with Gasteiger partial charge in [-0.1, -0.05) is 93.6 Å². The van der Waals surface area contributed by atoms with Crippen molar-refractivity contribution < 1.29 is 14.3 Å². The molecular weight excluding hydrogens is 436 g/mol. The number of benzene rings is 2. The van der Waals surface area contributed by atoms with E-state index in [9.17, 15) is 5.11 Å². The van der Waals surface area contributed by atoms with E-state index < -0.39 is 14.4 Å². The molecule has 0 saturated carbocycles. The van der Waals surface area contributed by atoms with Crippen LogP contribution in [0.5, 0.6) is 0 Å². The van der Waals surface area contributed by atoms with Gasteiger partial charge in [0, 0.05) is 0 Å². The van der Waals surface area contributed by atoms with E-state index in [0.29, 0.717) is 11.8 Å². The van der Waals surface area contributed by atoms with Crippen LogP contribution in [0.4, 0.5) is 0 Å². The fraction of sp³-hybridized carbons (Fsp3) is 0.467. The summed E-state index contributed by atoms with van der Waals surface area (Å²) in [6.45, 7) is 6.98. The molecule has 0 amide bonds. The maximum Gasteiger partial charge on any atom is 0.262 e. The van der Waals surface area contributed by atoms with Gasteiger partial charge >= 0.3 is 0 Å². The van der Waals surface area contributed by atoms with Crippen molar-refractivity contribution in [2.75, 3.05) is 0 Å². The molecule has 2 unspecified atom stereocenters. The lowest BCUT2D eigenvalue weighted by molar-refractivity contribution is -0.0363. The summed E-state index contributed by atoms with van der Waals surface area (Å²) in [4.78, 5) is 0. The van der Waals surface area contributed by atoms with Crippen LogP contribution < -0.4 is 10.4 Å². The van der Waals surface area contributed by atoms with E-state index in [2.05, 4.69) is 93.6 Å². The topological polar surface area (TPSA) is 38.7 Å². The van der Waals surface area contributed by atoms with Gasteiger partial charge in [-0.2, -0.15) is 0 Å². The monoisotopic (exact) mass is 472 g/mol. The second kappa shape index (κ2) is 8.30. The minimum atomic E-state index is -2.77. The Hall–Kier alpha value is -1.98. The maximum atomic E-state index is 11.2. The Bertz CT molecular complexity index is 1060. The minimum absolute atomic E-state index is 0.00750. The first kappa shape index (κ1) is 22.5. The quantitative estimate of drug-likeness (QED) is 0.516. The Morgan fingerprint density at radius 2 is 1.47 bits per heavy atom. The highest BCUT2D eigenvalue weighted by Crippen LogP contribution is 2.54. The van der Waals surface area contributed by atoms with Gasteiger partial charge in [0.1, 0.15) is 0 Å². The van der Waals surface area contributed by atoms with Gasteiger partial charge in [-0.25, -0.2) is 0 Å². The van der Waals surface area contributed by atoms with Gasteiger partial charge in [-0.05, 0) is 64.1 Å². The third-order valence-corrected chi connectivity index (χ3v) is 13.7. The molecule has 4 aliphatic rings. The average molecular weight is 473 g/mol. The number of hydrogen-bond acceptors (Lipinski definition) is 3. The molecule has 3 aliphatic carbocycles. The summed E-state index contributed by atoms with van der Waals surface area (Å²) in [7, 11) is -2.77. The normalized spacial score (nSPS) is 32.6. The fourth-order valence-electron chi connectivity index (χ4n) is 7.26. The SMILES string of the molecule is CC(C)(C)[Si](O[C@@H]1C2=C(CC[C@H]2O)[C@@H]2O[C@H]1C1CC=CCC12)(c1ccccc1)c1ccccc1. The highest BCUT2D eigenvalue weighted by molar-refractivity contribution is 6.99. The van der Waals surface area contributed by atoms with Crippen LogP contribution in [0.1, 0.15) is 46.5 Å². The Labute approximate surface area is 204 Å². The van der Waals surface area contributed by atoms with Gasteiger partial charge in [0.2, 0.25) is 0 Å². The number of aliphatic hydroxyl groups is 1. The van der Waals surface area contributed by atoms with Gasteiger partial charge in [0.25, 0.3) is 8.32 Å². The molecule has 4 heteroatoms. The van der Waals surface area contributed by atoms with Crippen LogP contribution in [0.25, 0.3) is 0 Å². The number of aliphatic hydroxyl groups excluding tert-OH is 1. The Morgan fingerprint density at radius 3 is 2.06 bits per heavy atom. The summed E-state index contributed by atoms with van der Waals surface area (Å²) in [5.41, 5.74) is 2.50. The maximum absolute atomic E-state index is 11.2. The van der Waals surface area contributed by atoms with Gasteiger partial charge < -0.3 is 14.3 Å². The molecular formula is C30H36O3Si. The molecule has 2 aromatic rings. The predicted molar refractivity (Wildman–Crippen MR) is 139 cm³/mol. The van der Waals surface area contributed by atoms with Crippen LogP contribution in [0.15, 0.2) is 84.0 Å². The Kier molecular flexibility index (Phi) is 5.49. The lowest BCUT2D eigenvalue weighted by Gasteiger charge is -2.48. The lowest BCUT2D eigenvalue weighted by atomic mass is 9.78. The van der Waals surface area contributed by atoms with Crippen molar-refractivity contribution in [1.82, 2.24) is 0 Å². The molecule has 6 atom stereocenters. The molecule has 1 heterocycles. The van der Waals surface area contributed by atoms with Crippen LogP contribution >= 0.6 is 0 Å². The number of rotatable bonds is 4. The lowest BCUT2D eigenvalue weighted by Crippen LogP contribution is -2.69. The van der Waals surface area contributed by atoms with Crippen molar-refractivity contribution in [3.8, 4) is 0 Å². The molecule has 1 aliphatic heterocycles. The van der Waals surface area contributed by atoms with Crippen LogP contribution in [-0.2, 0) is 9.16 Å². The van der Waals surface area contributed by atoms with Gasteiger partial charge in [0.05, 0.1) is 24.4 Å². The molecule has 2 bridgehead atoms. The summed E-state index contributed by atoms with van der Waals surface area (Å²) in [5.74, 6) is 0.967. The van der Waals surface area contributed by atoms with Crippen molar-refractivity contribution in [1.29, 1.82) is 0 Å². The first-order valence-electron chi connectivity index (χ1n) is 12.9. The number of hydrogen-bond donors (Lipinski definition) is 1. The second-order valence-corrected chi connectivity index (χ2v) is 15.8. The summed E-state index contributed by atoms with van der Waals surface area (Å²) >= 11 is 0. The summed E-state index contributed by atoms with van der Waals surface area (Å²) in [5, 5.41) is 13.7. The van der Waals surface area contributed by atoms with E-state index in [1.165, 1.54) is 15.9 Å². The van der Waals surface area contributed by atoms with Crippen LogP contribution in [-0.4, -0.2) is 37.8 Å². The zero-order chi connectivity index (χ0) is 23.5. The largest absolute Gasteiger partial charge is 0.398 e. The minimum Gasteiger partial charge on any atom is -0.398 e. The molecule has 6 rings (SSSR count). The third kappa shape index (κ3) is 3.26. The standard InChI is InChI=1S/C30H36O3Si/c1-30(2,3)34(20-12-6-4-7-13-20,21-14-8-5-9-15-21)33-29-26-24(18-19-25(26)31)27-22-16-10-11-17-23(22)28(29)32-27/h4-15,22-23,25,27-29,31H,16-19H2,1-3H3/t22?,23?,25-,27-,28+,29-/m1/s1. The molecule has 0 spiro atoms. The molecule has 178 valence electrons. The van der Waals surface area contributed by atoms with Gasteiger partial charge in [0.15, 0.2) is 0 Å². The number of fused-ring (bicyclic) bond motifs is 1. The van der Waals surface area contributed by atoms with Crippen molar-refractivity contribution in [2.24, 2.45) is 11.8 Å². The fourth-order valence-corrected chi connectivity index (χ4v) is 11.9. The highest BCUT2D eigenvalue weighted by Gasteiger charge is 2.60. The van der Waals surface area contributed by atoms with Gasteiger partial charge in [-0.3, -0.25) is 0 Å². The van der Waals surface area contributed by atoms with Crippen molar-refractivity contribution >= 4 is 18.7 Å². The van der Waals surface area contributed by atoms with E-state index in [1.807, 2.05) is 0 Å². The smallest absolute Gasteiger partial charge is 0.262 e. The zero-order valence-electron chi connectivity index (χ0n) is 20.5. The third-order valence-electron chi connectivity index (χ3n) is 8.73. The van der Waals surface area contributed by atoms with Gasteiger partial charge in [-0.15, -0.1) is 0 Å². The molecule has 2 aromatic carbocycles. The first-order chi connectivity index (χ1) is 16.4. The van der Waals surface area contributed by atoms with E-state index in [4.69, 9.17) is 9.16 Å². The highest BCUT2D eigenvalue weighted by atomic mass is 28.4. The van der Waals surface area contributed by atoms with Crippen LogP contribution in [0.2, 0.25) is 5.04 Å². The molecule has 34 heavy (non-hydrogen) atoms. The summed E-state index contributed by atoms with van der Waals surface area (Å²) in [6, 6.07) is 21.7. The van der Waals surface area contributed by atoms with Crippen LogP contribution in [0.3, 0.4) is 0 Å². The first-order valence-corrected chi connectivity index (χ1v) is 14.8. The molecule has 0 aromatic heterocycles. The second-order valence-electron chi connectivity index (χ2n) is 11.5. The Morgan fingerprint density at radius 1 is 0.882 bits per heavy atom. The predicted octanol–water partition coefficient (Wildman–Crippen LogP) is 4.75. The number of allylic oxidation sites excluding steroid dienone is 2. The van der Waals surface area contributed by atoms with E-state index in [0.717, 1.165) is 31.3 Å². The summed E-state index contributed by atoms with van der Waals surface area (Å²) < 4.78 is 14.5. The van der Waals surface area contributed by atoms with Crippen molar-refractivity contribution in [2.45, 2.75) is 75.9 Å². The average Bonchev–Trinajstić information content (AvgIpc) is 3.40. The Balaban J connectivity index is 1.54. The zero-order valence-corrected chi connectivity index (χ0v) is 21.5. The molecule has 3 nitrogen and oxygen atoms in total. The number of ether oxygens (including phenoxy) is 1. The van der Waals surface area contributed by atoms with Crippen molar-refractivity contribution in [3.63, 3.8) is 0 Å². The molecule has 1 N–H and O–H groups in total. The molecule has 1 saturated heterocycles. The van der Waals surface area contributed by atoms with E-state index in [1.54, 1.807) is 0 Å².